The van der Waals surface area contributed by atoms with Crippen LogP contribution in [0.1, 0.15) is 12.0 Å². The molecule has 4 nitrogen and oxygen atoms in total. The molecule has 1 aromatic rings. The largest absolute Gasteiger partial charge is 0.493 e. The van der Waals surface area contributed by atoms with E-state index in [2.05, 4.69) is 0 Å². The Kier molecular flexibility index (Phi) is 6.23. The Morgan fingerprint density at radius 3 is 2.53 bits per heavy atom. The topological polar surface area (TPSA) is 52.6 Å². The number of sulfone groups is 1. The molecule has 19 heavy (non-hydrogen) atoms. The molecule has 0 aliphatic heterocycles. The van der Waals surface area contributed by atoms with Crippen molar-refractivity contribution in [2.45, 2.75) is 12.3 Å². The fourth-order valence-corrected chi connectivity index (χ4v) is 2.57. The molecule has 0 spiro atoms. The van der Waals surface area contributed by atoms with E-state index in [4.69, 9.17) is 32.7 Å². The molecule has 0 N–H and O–H groups in total. The van der Waals surface area contributed by atoms with Crippen LogP contribution in [-0.4, -0.2) is 34.1 Å². The van der Waals surface area contributed by atoms with Crippen molar-refractivity contribution in [3.05, 3.63) is 22.7 Å². The first-order chi connectivity index (χ1) is 8.87. The van der Waals surface area contributed by atoms with Gasteiger partial charge in [0.05, 0.1) is 24.5 Å². The van der Waals surface area contributed by atoms with Crippen LogP contribution in [0.15, 0.2) is 12.1 Å². The highest BCUT2D eigenvalue weighted by molar-refractivity contribution is 7.90. The van der Waals surface area contributed by atoms with Crippen LogP contribution in [0.2, 0.25) is 5.02 Å². The molecule has 0 bridgehead atoms. The van der Waals surface area contributed by atoms with E-state index in [1.54, 1.807) is 12.1 Å². The van der Waals surface area contributed by atoms with E-state index in [1.807, 2.05) is 0 Å². The minimum atomic E-state index is -2.98. The van der Waals surface area contributed by atoms with E-state index in [-0.39, 0.29) is 12.4 Å². The van der Waals surface area contributed by atoms with E-state index in [0.717, 1.165) is 5.56 Å². The number of halogens is 2. The van der Waals surface area contributed by atoms with Crippen LogP contribution in [-0.2, 0) is 15.7 Å². The Labute approximate surface area is 123 Å². The minimum Gasteiger partial charge on any atom is -0.493 e. The van der Waals surface area contributed by atoms with Gasteiger partial charge >= 0.3 is 0 Å². The van der Waals surface area contributed by atoms with E-state index in [0.29, 0.717) is 28.8 Å². The normalized spacial score (nSPS) is 11.4. The van der Waals surface area contributed by atoms with Crippen LogP contribution in [0.3, 0.4) is 0 Å². The molecule has 0 saturated heterocycles. The minimum absolute atomic E-state index is 0.0761. The average Bonchev–Trinajstić information content (AvgIpc) is 2.34. The van der Waals surface area contributed by atoms with E-state index < -0.39 is 9.84 Å². The number of hydrogen-bond donors (Lipinski definition) is 0. The Hall–Kier alpha value is -0.650. The molecule has 0 radical (unpaired) electrons. The zero-order chi connectivity index (χ0) is 14.5. The highest BCUT2D eigenvalue weighted by Crippen LogP contribution is 2.36. The quantitative estimate of drug-likeness (QED) is 0.571. The molecule has 0 atom stereocenters. The van der Waals surface area contributed by atoms with Gasteiger partial charge in [0.25, 0.3) is 0 Å². The molecule has 0 amide bonds. The summed E-state index contributed by atoms with van der Waals surface area (Å²) in [5.74, 6) is 1.30. The molecule has 1 rings (SSSR count). The Morgan fingerprint density at radius 1 is 1.32 bits per heavy atom. The lowest BCUT2D eigenvalue weighted by molar-refractivity contribution is 0.294. The monoisotopic (exact) mass is 326 g/mol. The molecule has 0 aliphatic carbocycles. The predicted octanol–water partition coefficient (Wildman–Crippen LogP) is 2.90. The predicted molar refractivity (Wildman–Crippen MR) is 77.4 cm³/mol. The lowest BCUT2D eigenvalue weighted by atomic mass is 10.2. The molecule has 108 valence electrons. The number of benzene rings is 1. The third-order valence-electron chi connectivity index (χ3n) is 2.35. The Bertz CT molecular complexity index is 529. The number of ether oxygens (including phenoxy) is 2. The molecule has 0 aliphatic rings. The van der Waals surface area contributed by atoms with Gasteiger partial charge in [-0.1, -0.05) is 11.6 Å². The molecule has 0 unspecified atom stereocenters. The highest BCUT2D eigenvalue weighted by atomic mass is 35.5. The van der Waals surface area contributed by atoms with Gasteiger partial charge in [-0.3, -0.25) is 0 Å². The second-order valence-corrected chi connectivity index (χ2v) is 7.01. The van der Waals surface area contributed by atoms with Crippen molar-refractivity contribution in [1.82, 2.24) is 0 Å². The van der Waals surface area contributed by atoms with Gasteiger partial charge in [0.1, 0.15) is 9.84 Å². The van der Waals surface area contributed by atoms with Crippen LogP contribution in [0, 0.1) is 0 Å². The lowest BCUT2D eigenvalue weighted by Crippen LogP contribution is -2.08. The summed E-state index contributed by atoms with van der Waals surface area (Å²) in [6, 6.07) is 3.44. The van der Waals surface area contributed by atoms with Gasteiger partial charge in [-0.15, -0.1) is 11.6 Å². The van der Waals surface area contributed by atoms with Crippen LogP contribution < -0.4 is 9.47 Å². The van der Waals surface area contributed by atoms with Crippen molar-refractivity contribution in [2.24, 2.45) is 0 Å². The summed E-state index contributed by atoms with van der Waals surface area (Å²) in [4.78, 5) is 0. The molecule has 0 saturated carbocycles. The summed E-state index contributed by atoms with van der Waals surface area (Å²) in [7, 11) is -1.47. The first kappa shape index (κ1) is 16.4. The molecule has 1 aromatic carbocycles. The van der Waals surface area contributed by atoms with Gasteiger partial charge in [-0.05, 0) is 24.1 Å². The smallest absolute Gasteiger partial charge is 0.179 e. The van der Waals surface area contributed by atoms with Gasteiger partial charge in [0.15, 0.2) is 11.5 Å². The number of alkyl halides is 1. The maximum atomic E-state index is 11.0. The second kappa shape index (κ2) is 7.22. The van der Waals surface area contributed by atoms with Gasteiger partial charge in [0, 0.05) is 12.1 Å². The SMILES string of the molecule is COc1cc(CCl)cc(Cl)c1OCCCS(C)(=O)=O. The van der Waals surface area contributed by atoms with Crippen LogP contribution in [0.4, 0.5) is 0 Å². The van der Waals surface area contributed by atoms with Gasteiger partial charge in [-0.25, -0.2) is 8.42 Å². The van der Waals surface area contributed by atoms with Gasteiger partial charge in [0.2, 0.25) is 0 Å². The Balaban J connectivity index is 2.72. The van der Waals surface area contributed by atoms with E-state index in [9.17, 15) is 8.42 Å². The van der Waals surface area contributed by atoms with Crippen molar-refractivity contribution in [1.29, 1.82) is 0 Å². The van der Waals surface area contributed by atoms with Crippen LogP contribution in [0.5, 0.6) is 11.5 Å². The summed E-state index contributed by atoms with van der Waals surface area (Å²) in [6.07, 6.45) is 1.59. The van der Waals surface area contributed by atoms with Crippen molar-refractivity contribution < 1.29 is 17.9 Å². The van der Waals surface area contributed by atoms with Gasteiger partial charge in [-0.2, -0.15) is 0 Å². The third-order valence-corrected chi connectivity index (χ3v) is 3.97. The first-order valence-corrected chi connectivity index (χ1v) is 8.57. The summed E-state index contributed by atoms with van der Waals surface area (Å²) >= 11 is 11.8. The molecule has 0 aromatic heterocycles. The second-order valence-electron chi connectivity index (χ2n) is 4.07. The summed E-state index contributed by atoms with van der Waals surface area (Å²) in [6.45, 7) is 0.253. The van der Waals surface area contributed by atoms with Crippen LogP contribution in [0.25, 0.3) is 0 Å². The van der Waals surface area contributed by atoms with Crippen molar-refractivity contribution >= 4 is 33.0 Å². The molecular formula is C12H16Cl2O4S. The number of hydrogen-bond acceptors (Lipinski definition) is 4. The zero-order valence-corrected chi connectivity index (χ0v) is 13.1. The maximum absolute atomic E-state index is 11.0. The first-order valence-electron chi connectivity index (χ1n) is 5.60. The molecule has 0 heterocycles. The van der Waals surface area contributed by atoms with Gasteiger partial charge < -0.3 is 9.47 Å². The number of rotatable bonds is 7. The summed E-state index contributed by atoms with van der Waals surface area (Å²) in [5.41, 5.74) is 0.826. The highest BCUT2D eigenvalue weighted by Gasteiger charge is 2.12. The number of methoxy groups -OCH3 is 1. The maximum Gasteiger partial charge on any atom is 0.179 e. The molecule has 0 fully saturated rings. The van der Waals surface area contributed by atoms with Crippen LogP contribution >= 0.6 is 23.2 Å². The average molecular weight is 327 g/mol. The zero-order valence-electron chi connectivity index (χ0n) is 10.8. The fraction of sp³-hybridized carbons (Fsp3) is 0.500. The third kappa shape index (κ3) is 5.47. The summed E-state index contributed by atoms with van der Waals surface area (Å²) < 4.78 is 32.7. The van der Waals surface area contributed by atoms with Crippen molar-refractivity contribution in [2.75, 3.05) is 25.7 Å². The molecule has 7 heteroatoms. The fourth-order valence-electron chi connectivity index (χ4n) is 1.49. The molecular weight excluding hydrogens is 311 g/mol. The van der Waals surface area contributed by atoms with Crippen molar-refractivity contribution in [3.63, 3.8) is 0 Å². The Morgan fingerprint density at radius 2 is 2.00 bits per heavy atom. The van der Waals surface area contributed by atoms with E-state index >= 15 is 0 Å². The standard InChI is InChI=1S/C12H16Cl2O4S/c1-17-11-7-9(8-13)6-10(14)12(11)18-4-3-5-19(2,15)16/h6-7H,3-5,8H2,1-2H3. The summed E-state index contributed by atoms with van der Waals surface area (Å²) in [5, 5.41) is 0.398. The van der Waals surface area contributed by atoms with E-state index in [1.165, 1.54) is 13.4 Å². The lowest BCUT2D eigenvalue weighted by Gasteiger charge is -2.13. The van der Waals surface area contributed by atoms with Crippen molar-refractivity contribution in [3.8, 4) is 11.5 Å².